The van der Waals surface area contributed by atoms with Crippen LogP contribution in [0.4, 0.5) is 0 Å². The minimum absolute atomic E-state index is 0.0361. The molecule has 0 spiro atoms. The maximum atomic E-state index is 14.0. The van der Waals surface area contributed by atoms with Crippen LogP contribution in [0.2, 0.25) is 0 Å². The maximum Gasteiger partial charge on any atom is 0.331 e. The zero-order chi connectivity index (χ0) is 33.6. The molecular formula is C44H41N3O. The lowest BCUT2D eigenvalue weighted by Gasteiger charge is -2.22. The number of rotatable bonds is 5. The second-order valence-electron chi connectivity index (χ2n) is 14.7. The van der Waals surface area contributed by atoms with Crippen LogP contribution in [-0.4, -0.2) is 14.5 Å². The zero-order valence-electron chi connectivity index (χ0n) is 28.5. The number of aromatic amines is 1. The highest BCUT2D eigenvalue weighted by atomic mass is 16.1. The highest BCUT2D eigenvalue weighted by molar-refractivity contribution is 5.95. The van der Waals surface area contributed by atoms with E-state index in [-0.39, 0.29) is 16.5 Å². The van der Waals surface area contributed by atoms with Crippen LogP contribution in [0.25, 0.3) is 61.4 Å². The molecule has 0 saturated carbocycles. The normalized spacial score (nSPS) is 12.0. The fraction of sp³-hybridized carbons (Fsp3) is 0.182. The summed E-state index contributed by atoms with van der Waals surface area (Å²) in [4.78, 5) is 22.0. The minimum Gasteiger partial charge on any atom is -0.305 e. The Balaban J connectivity index is 1.42. The number of benzene rings is 5. The molecule has 1 N–H and O–H groups in total. The monoisotopic (exact) mass is 627 g/mol. The van der Waals surface area contributed by atoms with Crippen LogP contribution >= 0.6 is 0 Å². The van der Waals surface area contributed by atoms with Gasteiger partial charge in [-0.15, -0.1) is 0 Å². The first-order valence-electron chi connectivity index (χ1n) is 16.6. The van der Waals surface area contributed by atoms with Crippen LogP contribution in [0, 0.1) is 0 Å². The van der Waals surface area contributed by atoms with Gasteiger partial charge in [-0.1, -0.05) is 126 Å². The summed E-state index contributed by atoms with van der Waals surface area (Å²) >= 11 is 0. The Morgan fingerprint density at radius 3 is 1.90 bits per heavy atom. The SMILES string of the molecule is CC(C)(C)c1cc(-c2cc(-c3ccccc3)ccn2)cc(-c2cccc3c2[nH]c(=O)n3-c2ccc(C(C)(C)C)cc2-c2ccccc2)c1. The van der Waals surface area contributed by atoms with Crippen LogP contribution in [0.3, 0.4) is 0 Å². The smallest absolute Gasteiger partial charge is 0.305 e. The van der Waals surface area contributed by atoms with Crippen molar-refractivity contribution < 1.29 is 0 Å². The van der Waals surface area contributed by atoms with Gasteiger partial charge in [-0.2, -0.15) is 0 Å². The molecule has 48 heavy (non-hydrogen) atoms. The first-order chi connectivity index (χ1) is 23.0. The van der Waals surface area contributed by atoms with Crippen LogP contribution in [0.15, 0.2) is 138 Å². The third-order valence-electron chi connectivity index (χ3n) is 9.18. The molecule has 7 aromatic rings. The topological polar surface area (TPSA) is 50.7 Å². The summed E-state index contributed by atoms with van der Waals surface area (Å²) < 4.78 is 1.83. The number of nitrogens with zero attached hydrogens (tertiary/aromatic N) is 2. The molecule has 4 nitrogen and oxygen atoms in total. The van der Waals surface area contributed by atoms with E-state index in [1.807, 2.05) is 47.2 Å². The van der Waals surface area contributed by atoms with Gasteiger partial charge in [0.2, 0.25) is 0 Å². The number of aromatic nitrogens is 3. The van der Waals surface area contributed by atoms with E-state index in [4.69, 9.17) is 4.98 Å². The Kier molecular flexibility index (Phi) is 7.75. The second kappa shape index (κ2) is 12.0. The van der Waals surface area contributed by atoms with Crippen LogP contribution in [-0.2, 0) is 10.8 Å². The van der Waals surface area contributed by atoms with E-state index in [0.717, 1.165) is 61.4 Å². The molecule has 5 aromatic carbocycles. The lowest BCUT2D eigenvalue weighted by atomic mass is 9.83. The molecular weight excluding hydrogens is 587 g/mol. The summed E-state index contributed by atoms with van der Waals surface area (Å²) in [6, 6.07) is 44.3. The standard InChI is InChI=1S/C44H41N3O/c1-43(2,3)34-20-21-39(37(28-34)30-16-11-8-12-17-30)47-40-19-13-18-36(41(40)46-42(47)48)32-24-33(26-35(25-32)44(4,5)6)38-27-31(22-23-45-38)29-14-9-7-10-15-29/h7-28H,1-6H3,(H,46,48). The van der Waals surface area contributed by atoms with E-state index < -0.39 is 0 Å². The van der Waals surface area contributed by atoms with Gasteiger partial charge in [-0.25, -0.2) is 4.79 Å². The number of hydrogen-bond acceptors (Lipinski definition) is 2. The largest absolute Gasteiger partial charge is 0.331 e. The van der Waals surface area contributed by atoms with E-state index in [0.29, 0.717) is 0 Å². The van der Waals surface area contributed by atoms with Gasteiger partial charge in [-0.05, 0) is 86.7 Å². The van der Waals surface area contributed by atoms with Gasteiger partial charge in [0, 0.05) is 22.9 Å². The summed E-state index contributed by atoms with van der Waals surface area (Å²) in [6.45, 7) is 13.3. The van der Waals surface area contributed by atoms with Gasteiger partial charge in [0.25, 0.3) is 0 Å². The second-order valence-corrected chi connectivity index (χ2v) is 14.7. The van der Waals surface area contributed by atoms with E-state index in [9.17, 15) is 4.79 Å². The van der Waals surface area contributed by atoms with Gasteiger partial charge in [-0.3, -0.25) is 9.55 Å². The minimum atomic E-state index is -0.164. The van der Waals surface area contributed by atoms with Crippen LogP contribution in [0.1, 0.15) is 52.7 Å². The average molecular weight is 628 g/mol. The average Bonchev–Trinajstić information content (AvgIpc) is 3.43. The molecule has 2 heterocycles. The first-order valence-corrected chi connectivity index (χ1v) is 16.6. The molecule has 0 unspecified atom stereocenters. The molecule has 0 aliphatic rings. The Hall–Kier alpha value is -5.48. The molecule has 0 aliphatic heterocycles. The van der Waals surface area contributed by atoms with Crippen molar-refractivity contribution in [1.29, 1.82) is 0 Å². The Bertz CT molecular complexity index is 2310. The zero-order valence-corrected chi connectivity index (χ0v) is 28.5. The highest BCUT2D eigenvalue weighted by Gasteiger charge is 2.22. The molecule has 0 fully saturated rings. The van der Waals surface area contributed by atoms with E-state index in [1.165, 1.54) is 11.1 Å². The molecule has 0 aliphatic carbocycles. The van der Waals surface area contributed by atoms with E-state index in [1.54, 1.807) is 0 Å². The molecule has 2 aromatic heterocycles. The number of hydrogen-bond donors (Lipinski definition) is 1. The van der Waals surface area contributed by atoms with Gasteiger partial charge < -0.3 is 4.98 Å². The summed E-state index contributed by atoms with van der Waals surface area (Å²) in [7, 11) is 0. The van der Waals surface area contributed by atoms with Gasteiger partial charge >= 0.3 is 5.69 Å². The summed E-state index contributed by atoms with van der Waals surface area (Å²) in [5.74, 6) is 0. The fourth-order valence-electron chi connectivity index (χ4n) is 6.42. The van der Waals surface area contributed by atoms with Gasteiger partial charge in [0.15, 0.2) is 0 Å². The lowest BCUT2D eigenvalue weighted by molar-refractivity contribution is 0.590. The van der Waals surface area contributed by atoms with Crippen LogP contribution < -0.4 is 5.69 Å². The van der Waals surface area contributed by atoms with Gasteiger partial charge in [0.05, 0.1) is 22.4 Å². The number of imidazole rings is 1. The van der Waals surface area contributed by atoms with Crippen molar-refractivity contribution in [2.45, 2.75) is 52.4 Å². The first kappa shape index (κ1) is 31.1. The predicted octanol–water partition coefficient (Wildman–Crippen LogP) is 11.0. The maximum absolute atomic E-state index is 14.0. The van der Waals surface area contributed by atoms with Crippen molar-refractivity contribution in [3.63, 3.8) is 0 Å². The summed E-state index contributed by atoms with van der Waals surface area (Å²) in [6.07, 6.45) is 1.88. The molecule has 0 bridgehead atoms. The number of pyridine rings is 1. The van der Waals surface area contributed by atoms with E-state index in [2.05, 4.69) is 138 Å². The summed E-state index contributed by atoms with van der Waals surface area (Å²) in [5.41, 5.74) is 13.0. The van der Waals surface area contributed by atoms with Crippen molar-refractivity contribution >= 4 is 11.0 Å². The van der Waals surface area contributed by atoms with Crippen molar-refractivity contribution in [3.05, 3.63) is 155 Å². The van der Waals surface area contributed by atoms with Gasteiger partial charge in [0.1, 0.15) is 0 Å². The summed E-state index contributed by atoms with van der Waals surface area (Å²) in [5, 5.41) is 0. The predicted molar refractivity (Wildman–Crippen MR) is 201 cm³/mol. The molecule has 0 saturated heterocycles. The molecule has 7 rings (SSSR count). The van der Waals surface area contributed by atoms with Crippen molar-refractivity contribution in [1.82, 2.24) is 14.5 Å². The van der Waals surface area contributed by atoms with E-state index >= 15 is 0 Å². The Morgan fingerprint density at radius 1 is 0.542 bits per heavy atom. The van der Waals surface area contributed by atoms with Crippen LogP contribution in [0.5, 0.6) is 0 Å². The quantitative estimate of drug-likeness (QED) is 0.206. The van der Waals surface area contributed by atoms with Crippen molar-refractivity contribution in [2.24, 2.45) is 0 Å². The molecule has 0 radical (unpaired) electrons. The molecule has 0 amide bonds. The van der Waals surface area contributed by atoms with Crippen molar-refractivity contribution in [2.75, 3.05) is 0 Å². The third-order valence-corrected chi connectivity index (χ3v) is 9.18. The molecule has 4 heteroatoms. The molecule has 0 atom stereocenters. The van der Waals surface area contributed by atoms with Crippen molar-refractivity contribution in [3.8, 4) is 50.3 Å². The lowest BCUT2D eigenvalue weighted by Crippen LogP contribution is -2.17. The Labute approximate surface area is 282 Å². The fourth-order valence-corrected chi connectivity index (χ4v) is 6.42. The number of fused-ring (bicyclic) bond motifs is 1. The molecule has 238 valence electrons. The number of para-hydroxylation sites is 1. The third kappa shape index (κ3) is 5.91. The number of H-pyrrole nitrogens is 1. The Morgan fingerprint density at radius 2 is 1.21 bits per heavy atom. The highest BCUT2D eigenvalue weighted by Crippen LogP contribution is 2.38. The number of nitrogens with one attached hydrogen (secondary N) is 1.